The second-order valence-corrected chi connectivity index (χ2v) is 9.10. The van der Waals surface area contributed by atoms with Crippen molar-refractivity contribution < 1.29 is 18.7 Å². The van der Waals surface area contributed by atoms with E-state index in [9.17, 15) is 19.2 Å². The van der Waals surface area contributed by atoms with Crippen molar-refractivity contribution in [2.45, 2.75) is 31.7 Å². The van der Waals surface area contributed by atoms with Gasteiger partial charge in [-0.15, -0.1) is 0 Å². The first-order chi connectivity index (χ1) is 17.0. The van der Waals surface area contributed by atoms with Crippen LogP contribution in [0, 0.1) is 29.0 Å². The summed E-state index contributed by atoms with van der Waals surface area (Å²) in [7, 11) is 1.53. The summed E-state index contributed by atoms with van der Waals surface area (Å²) < 4.78 is 18.6. The number of halogens is 1. The standard InChI is InChI=1S/C27H31FN4O3/c1-35-25-9-5-4-8-23(25)24(18-29)30-26(33)21-6-2-3-7-22(21)27(34)32-16-14-31(15-17-32)20-12-10-19(28)11-13-20/h4-5,8-13,21-22,24H,2-3,6-7,14-17H2,1H3,(H,30,33). The summed E-state index contributed by atoms with van der Waals surface area (Å²) in [6.07, 6.45) is 3.08. The van der Waals surface area contributed by atoms with Crippen LogP contribution in [0.25, 0.3) is 0 Å². The molecule has 8 heteroatoms. The zero-order valence-corrected chi connectivity index (χ0v) is 20.0. The van der Waals surface area contributed by atoms with Crippen LogP contribution in [-0.2, 0) is 9.59 Å². The Balaban J connectivity index is 1.40. The molecule has 3 unspecified atom stereocenters. The zero-order chi connectivity index (χ0) is 24.8. The number of methoxy groups -OCH3 is 1. The third-order valence-corrected chi connectivity index (χ3v) is 7.07. The summed E-state index contributed by atoms with van der Waals surface area (Å²) in [5.41, 5.74) is 1.54. The number of rotatable bonds is 6. The number of para-hydroxylation sites is 1. The van der Waals surface area contributed by atoms with Crippen LogP contribution in [0.3, 0.4) is 0 Å². The van der Waals surface area contributed by atoms with Gasteiger partial charge in [0.25, 0.3) is 0 Å². The molecule has 1 saturated heterocycles. The number of nitrogens with one attached hydrogen (secondary N) is 1. The smallest absolute Gasteiger partial charge is 0.226 e. The lowest BCUT2D eigenvalue weighted by Gasteiger charge is -2.39. The average Bonchev–Trinajstić information content (AvgIpc) is 2.91. The molecule has 2 aromatic carbocycles. The predicted octanol–water partition coefficient (Wildman–Crippen LogP) is 3.67. The van der Waals surface area contributed by atoms with Gasteiger partial charge in [-0.1, -0.05) is 31.0 Å². The summed E-state index contributed by atoms with van der Waals surface area (Å²) in [4.78, 5) is 30.7. The van der Waals surface area contributed by atoms with Gasteiger partial charge < -0.3 is 19.9 Å². The molecule has 2 amide bonds. The van der Waals surface area contributed by atoms with Gasteiger partial charge in [-0.25, -0.2) is 4.39 Å². The van der Waals surface area contributed by atoms with E-state index >= 15 is 0 Å². The molecule has 2 fully saturated rings. The van der Waals surface area contributed by atoms with E-state index in [2.05, 4.69) is 16.3 Å². The minimum Gasteiger partial charge on any atom is -0.496 e. The van der Waals surface area contributed by atoms with E-state index in [0.29, 0.717) is 50.3 Å². The number of carbonyl (C=O) groups is 2. The van der Waals surface area contributed by atoms with Crippen molar-refractivity contribution in [2.24, 2.45) is 11.8 Å². The lowest BCUT2D eigenvalue weighted by Crippen LogP contribution is -2.53. The SMILES string of the molecule is COc1ccccc1C(C#N)NC(=O)C1CCCCC1C(=O)N1CCN(c2ccc(F)cc2)CC1. The fourth-order valence-corrected chi connectivity index (χ4v) is 5.15. The third-order valence-electron chi connectivity index (χ3n) is 7.07. The van der Waals surface area contributed by atoms with Crippen LogP contribution in [0.15, 0.2) is 48.5 Å². The van der Waals surface area contributed by atoms with Crippen molar-refractivity contribution in [2.75, 3.05) is 38.2 Å². The van der Waals surface area contributed by atoms with Gasteiger partial charge in [0.1, 0.15) is 17.6 Å². The van der Waals surface area contributed by atoms with Crippen LogP contribution in [0.4, 0.5) is 10.1 Å². The first-order valence-electron chi connectivity index (χ1n) is 12.1. The van der Waals surface area contributed by atoms with Gasteiger partial charge in [0.05, 0.1) is 13.2 Å². The number of ether oxygens (including phenoxy) is 1. The molecular weight excluding hydrogens is 447 g/mol. The normalized spacial score (nSPS) is 21.1. The Labute approximate surface area is 205 Å². The molecule has 3 atom stereocenters. The lowest BCUT2D eigenvalue weighted by molar-refractivity contribution is -0.144. The number of hydrogen-bond donors (Lipinski definition) is 1. The molecule has 184 valence electrons. The zero-order valence-electron chi connectivity index (χ0n) is 20.0. The molecule has 4 rings (SSSR count). The van der Waals surface area contributed by atoms with Gasteiger partial charge in [0.15, 0.2) is 0 Å². The Hall–Kier alpha value is -3.60. The highest BCUT2D eigenvalue weighted by Gasteiger charge is 2.39. The number of amides is 2. The van der Waals surface area contributed by atoms with Gasteiger partial charge >= 0.3 is 0 Å². The fraction of sp³-hybridized carbons (Fsp3) is 0.444. The molecule has 1 heterocycles. The fourth-order valence-electron chi connectivity index (χ4n) is 5.15. The van der Waals surface area contributed by atoms with E-state index in [0.717, 1.165) is 18.5 Å². The van der Waals surface area contributed by atoms with Gasteiger partial charge in [-0.05, 0) is 43.2 Å². The van der Waals surface area contributed by atoms with Crippen molar-refractivity contribution in [3.8, 4) is 11.8 Å². The number of piperazine rings is 1. The topological polar surface area (TPSA) is 85.7 Å². The van der Waals surface area contributed by atoms with Crippen molar-refractivity contribution in [3.05, 3.63) is 59.9 Å². The largest absolute Gasteiger partial charge is 0.496 e. The lowest BCUT2D eigenvalue weighted by atomic mass is 9.77. The molecule has 2 aromatic rings. The Kier molecular flexibility index (Phi) is 7.86. The van der Waals surface area contributed by atoms with E-state index in [-0.39, 0.29) is 17.6 Å². The highest BCUT2D eigenvalue weighted by Crippen LogP contribution is 2.33. The minimum atomic E-state index is -0.851. The maximum absolute atomic E-state index is 13.5. The summed E-state index contributed by atoms with van der Waals surface area (Å²) >= 11 is 0. The Morgan fingerprint density at radius 1 is 1.03 bits per heavy atom. The van der Waals surface area contributed by atoms with Crippen molar-refractivity contribution in [3.63, 3.8) is 0 Å². The minimum absolute atomic E-state index is 0.00871. The molecular formula is C27H31FN4O3. The molecule has 1 aliphatic carbocycles. The number of benzene rings is 2. The van der Waals surface area contributed by atoms with E-state index in [4.69, 9.17) is 4.74 Å². The molecule has 0 spiro atoms. The summed E-state index contributed by atoms with van der Waals surface area (Å²) in [5, 5.41) is 12.6. The van der Waals surface area contributed by atoms with Crippen LogP contribution in [0.5, 0.6) is 5.75 Å². The number of hydrogen-bond acceptors (Lipinski definition) is 5. The Bertz CT molecular complexity index is 1080. The van der Waals surface area contributed by atoms with E-state index in [1.165, 1.54) is 19.2 Å². The second-order valence-electron chi connectivity index (χ2n) is 9.10. The maximum Gasteiger partial charge on any atom is 0.226 e. The summed E-state index contributed by atoms with van der Waals surface area (Å²) in [6.45, 7) is 2.43. The van der Waals surface area contributed by atoms with E-state index in [1.807, 2.05) is 11.0 Å². The second kappa shape index (κ2) is 11.2. The molecule has 7 nitrogen and oxygen atoms in total. The number of nitriles is 1. The molecule has 1 aliphatic heterocycles. The molecule has 0 aromatic heterocycles. The first-order valence-corrected chi connectivity index (χ1v) is 12.1. The Morgan fingerprint density at radius 3 is 2.34 bits per heavy atom. The van der Waals surface area contributed by atoms with Crippen molar-refractivity contribution in [1.29, 1.82) is 5.26 Å². The Morgan fingerprint density at radius 2 is 1.69 bits per heavy atom. The number of carbonyl (C=O) groups excluding carboxylic acids is 2. The predicted molar refractivity (Wildman–Crippen MR) is 130 cm³/mol. The number of nitrogens with zero attached hydrogens (tertiary/aromatic N) is 3. The molecule has 0 bridgehead atoms. The monoisotopic (exact) mass is 478 g/mol. The number of anilines is 1. The molecule has 1 saturated carbocycles. The van der Waals surface area contributed by atoms with Crippen LogP contribution >= 0.6 is 0 Å². The van der Waals surface area contributed by atoms with Gasteiger partial charge in [0.2, 0.25) is 11.8 Å². The summed E-state index contributed by atoms with van der Waals surface area (Å²) in [6, 6.07) is 14.8. The van der Waals surface area contributed by atoms with Crippen LogP contribution in [-0.4, -0.2) is 50.0 Å². The third kappa shape index (κ3) is 5.56. The van der Waals surface area contributed by atoms with Crippen LogP contribution in [0.2, 0.25) is 0 Å². The van der Waals surface area contributed by atoms with E-state index in [1.54, 1.807) is 30.3 Å². The van der Waals surface area contributed by atoms with Gasteiger partial charge in [-0.3, -0.25) is 9.59 Å². The molecule has 2 aliphatic rings. The van der Waals surface area contributed by atoms with Crippen molar-refractivity contribution >= 4 is 17.5 Å². The van der Waals surface area contributed by atoms with Crippen LogP contribution < -0.4 is 15.0 Å². The molecule has 0 radical (unpaired) electrons. The molecule has 35 heavy (non-hydrogen) atoms. The van der Waals surface area contributed by atoms with Crippen LogP contribution in [0.1, 0.15) is 37.3 Å². The maximum atomic E-state index is 13.5. The van der Waals surface area contributed by atoms with Gasteiger partial charge in [-0.2, -0.15) is 5.26 Å². The highest BCUT2D eigenvalue weighted by atomic mass is 19.1. The average molecular weight is 479 g/mol. The first kappa shape index (κ1) is 24.5. The highest BCUT2D eigenvalue weighted by molar-refractivity contribution is 5.88. The van der Waals surface area contributed by atoms with Gasteiger partial charge in [0, 0.05) is 49.3 Å². The molecule has 1 N–H and O–H groups in total. The quantitative estimate of drug-likeness (QED) is 0.685. The van der Waals surface area contributed by atoms with Crippen molar-refractivity contribution in [1.82, 2.24) is 10.2 Å². The summed E-state index contributed by atoms with van der Waals surface area (Å²) in [5.74, 6) is -0.835. The van der Waals surface area contributed by atoms with E-state index < -0.39 is 17.9 Å².